The molecule has 1 aromatic heterocycles. The summed E-state index contributed by atoms with van der Waals surface area (Å²) in [5, 5.41) is 4.28. The lowest BCUT2D eigenvalue weighted by Crippen LogP contribution is -2.43. The van der Waals surface area contributed by atoms with E-state index >= 15 is 0 Å². The van der Waals surface area contributed by atoms with E-state index in [0.717, 1.165) is 35.6 Å². The third kappa shape index (κ3) is 3.44. The van der Waals surface area contributed by atoms with Gasteiger partial charge in [-0.25, -0.2) is 0 Å². The van der Waals surface area contributed by atoms with Gasteiger partial charge in [0.2, 0.25) is 5.91 Å². The lowest BCUT2D eigenvalue weighted by Gasteiger charge is -2.37. The lowest BCUT2D eigenvalue weighted by molar-refractivity contribution is -0.134. The number of thioether (sulfide) groups is 1. The molecule has 1 aliphatic heterocycles. The Morgan fingerprint density at radius 2 is 2.17 bits per heavy atom. The van der Waals surface area contributed by atoms with E-state index in [9.17, 15) is 4.79 Å². The number of hydrogen-bond acceptors (Lipinski definition) is 3. The Labute approximate surface area is 141 Å². The fourth-order valence-corrected chi connectivity index (χ4v) is 4.28. The molecule has 3 rings (SSSR count). The van der Waals surface area contributed by atoms with Crippen molar-refractivity contribution in [1.82, 2.24) is 14.7 Å². The second-order valence-electron chi connectivity index (χ2n) is 5.94. The maximum absolute atomic E-state index is 13.2. The zero-order valence-electron chi connectivity index (χ0n) is 13.7. The van der Waals surface area contributed by atoms with Crippen molar-refractivity contribution in [2.45, 2.75) is 25.3 Å². The molecule has 5 heteroatoms. The van der Waals surface area contributed by atoms with Crippen LogP contribution in [-0.4, -0.2) is 38.6 Å². The van der Waals surface area contributed by atoms with Crippen LogP contribution in [0.15, 0.2) is 42.7 Å². The summed E-state index contributed by atoms with van der Waals surface area (Å²) in [6.45, 7) is 2.90. The van der Waals surface area contributed by atoms with Crippen LogP contribution in [0.5, 0.6) is 0 Å². The van der Waals surface area contributed by atoms with Gasteiger partial charge < -0.3 is 4.90 Å². The normalized spacial score (nSPS) is 19.6. The van der Waals surface area contributed by atoms with Crippen LogP contribution < -0.4 is 0 Å². The molecule has 2 atom stereocenters. The molecule has 1 aliphatic rings. The zero-order valence-corrected chi connectivity index (χ0v) is 14.5. The average molecular weight is 329 g/mol. The van der Waals surface area contributed by atoms with Crippen molar-refractivity contribution < 1.29 is 4.79 Å². The molecule has 2 aromatic rings. The minimum Gasteiger partial charge on any atom is -0.333 e. The van der Waals surface area contributed by atoms with Gasteiger partial charge in [0.15, 0.2) is 0 Å². The second kappa shape index (κ2) is 7.21. The van der Waals surface area contributed by atoms with Crippen molar-refractivity contribution in [3.05, 3.63) is 53.9 Å². The van der Waals surface area contributed by atoms with E-state index in [0.29, 0.717) is 0 Å². The first-order valence-corrected chi connectivity index (χ1v) is 9.28. The highest BCUT2D eigenvalue weighted by Gasteiger charge is 2.33. The quantitative estimate of drug-likeness (QED) is 0.864. The molecule has 1 fully saturated rings. The van der Waals surface area contributed by atoms with Crippen LogP contribution in [0, 0.1) is 0 Å². The Morgan fingerprint density at radius 1 is 1.39 bits per heavy atom. The monoisotopic (exact) mass is 329 g/mol. The molecule has 0 unspecified atom stereocenters. The number of amides is 1. The minimum absolute atomic E-state index is 0.0570. The number of nitrogens with zero attached hydrogens (tertiary/aromatic N) is 3. The van der Waals surface area contributed by atoms with E-state index in [2.05, 4.69) is 29.1 Å². The number of carbonyl (C=O) groups excluding carboxylic acids is 1. The predicted molar refractivity (Wildman–Crippen MR) is 94.5 cm³/mol. The van der Waals surface area contributed by atoms with Crippen LogP contribution >= 0.6 is 11.8 Å². The van der Waals surface area contributed by atoms with Crippen molar-refractivity contribution in [2.24, 2.45) is 7.05 Å². The Hall–Kier alpha value is -1.75. The van der Waals surface area contributed by atoms with Gasteiger partial charge in [0.1, 0.15) is 0 Å². The summed E-state index contributed by atoms with van der Waals surface area (Å²) in [4.78, 5) is 15.3. The highest BCUT2D eigenvalue weighted by atomic mass is 32.2. The van der Waals surface area contributed by atoms with Gasteiger partial charge in [-0.1, -0.05) is 37.3 Å². The maximum Gasteiger partial charge on any atom is 0.230 e. The van der Waals surface area contributed by atoms with Crippen LogP contribution in [0.1, 0.15) is 36.4 Å². The molecule has 122 valence electrons. The first kappa shape index (κ1) is 16.1. The minimum atomic E-state index is -0.0570. The van der Waals surface area contributed by atoms with Crippen molar-refractivity contribution in [2.75, 3.05) is 18.1 Å². The summed E-state index contributed by atoms with van der Waals surface area (Å²) in [6.07, 6.45) is 4.74. The predicted octanol–water partition coefficient (Wildman–Crippen LogP) is 3.23. The molecule has 0 bridgehead atoms. The van der Waals surface area contributed by atoms with Gasteiger partial charge in [-0.05, 0) is 12.0 Å². The van der Waals surface area contributed by atoms with E-state index in [1.807, 2.05) is 54.1 Å². The smallest absolute Gasteiger partial charge is 0.230 e. The number of carbonyl (C=O) groups is 1. The first-order chi connectivity index (χ1) is 11.2. The van der Waals surface area contributed by atoms with E-state index in [1.54, 1.807) is 0 Å². The molecule has 2 heterocycles. The number of rotatable bonds is 4. The molecule has 23 heavy (non-hydrogen) atoms. The molecule has 1 amide bonds. The van der Waals surface area contributed by atoms with Crippen LogP contribution in [0.3, 0.4) is 0 Å². The van der Waals surface area contributed by atoms with Crippen molar-refractivity contribution in [1.29, 1.82) is 0 Å². The Balaban J connectivity index is 1.86. The third-order valence-corrected chi connectivity index (χ3v) is 5.45. The van der Waals surface area contributed by atoms with Gasteiger partial charge in [-0.3, -0.25) is 9.48 Å². The van der Waals surface area contributed by atoms with E-state index in [-0.39, 0.29) is 17.9 Å². The molecule has 0 radical (unpaired) electrons. The Morgan fingerprint density at radius 3 is 2.83 bits per heavy atom. The van der Waals surface area contributed by atoms with Crippen LogP contribution in [0.2, 0.25) is 0 Å². The van der Waals surface area contributed by atoms with Crippen molar-refractivity contribution in [3.63, 3.8) is 0 Å². The van der Waals surface area contributed by atoms with Crippen LogP contribution in [0.25, 0.3) is 0 Å². The van der Waals surface area contributed by atoms with Gasteiger partial charge in [0, 0.05) is 36.9 Å². The summed E-state index contributed by atoms with van der Waals surface area (Å²) in [5.74, 6) is 2.14. The maximum atomic E-state index is 13.2. The second-order valence-corrected chi connectivity index (χ2v) is 7.09. The third-order valence-electron chi connectivity index (χ3n) is 4.43. The Kier molecular flexibility index (Phi) is 5.06. The van der Waals surface area contributed by atoms with Gasteiger partial charge in [0.25, 0.3) is 0 Å². The molecule has 0 spiro atoms. The molecule has 1 saturated heterocycles. The highest BCUT2D eigenvalue weighted by Crippen LogP contribution is 2.33. The molecular weight excluding hydrogens is 306 g/mol. The fraction of sp³-hybridized carbons (Fsp3) is 0.444. The molecule has 4 nitrogen and oxygen atoms in total. The first-order valence-electron chi connectivity index (χ1n) is 8.12. The van der Waals surface area contributed by atoms with E-state index < -0.39 is 0 Å². The highest BCUT2D eigenvalue weighted by molar-refractivity contribution is 7.99. The van der Waals surface area contributed by atoms with Gasteiger partial charge >= 0.3 is 0 Å². The topological polar surface area (TPSA) is 38.1 Å². The number of aryl methyl sites for hydroxylation is 1. The van der Waals surface area contributed by atoms with E-state index in [4.69, 9.17) is 0 Å². The van der Waals surface area contributed by atoms with E-state index in [1.165, 1.54) is 0 Å². The largest absolute Gasteiger partial charge is 0.333 e. The lowest BCUT2D eigenvalue weighted by atomic mass is 9.94. The summed E-state index contributed by atoms with van der Waals surface area (Å²) in [6, 6.07) is 10.3. The van der Waals surface area contributed by atoms with Crippen molar-refractivity contribution in [3.8, 4) is 0 Å². The van der Waals surface area contributed by atoms with Gasteiger partial charge in [0.05, 0.1) is 18.2 Å². The fourth-order valence-electron chi connectivity index (χ4n) is 3.19. The SMILES string of the molecule is CC[C@@H](C(=O)N1CCSC[C@H]1c1cnn(C)c1)c1ccccc1. The summed E-state index contributed by atoms with van der Waals surface area (Å²) in [5.41, 5.74) is 2.25. The van der Waals surface area contributed by atoms with Gasteiger partial charge in [-0.2, -0.15) is 16.9 Å². The van der Waals surface area contributed by atoms with Crippen LogP contribution in [0.4, 0.5) is 0 Å². The standard InChI is InChI=1S/C18H23N3OS/c1-3-16(14-7-5-4-6-8-14)18(22)21-9-10-23-13-17(21)15-11-19-20(2)12-15/h4-8,11-12,16-17H,3,9-10,13H2,1-2H3/t16-,17+/m1/s1. The van der Waals surface area contributed by atoms with Crippen LogP contribution in [-0.2, 0) is 11.8 Å². The summed E-state index contributed by atoms with van der Waals surface area (Å²) >= 11 is 1.91. The zero-order chi connectivity index (χ0) is 16.2. The summed E-state index contributed by atoms with van der Waals surface area (Å²) in [7, 11) is 1.92. The molecule has 0 saturated carbocycles. The molecule has 1 aromatic carbocycles. The molecule has 0 aliphatic carbocycles. The average Bonchev–Trinajstić information content (AvgIpc) is 3.03. The number of hydrogen-bond donors (Lipinski definition) is 0. The number of benzene rings is 1. The molecular formula is C18H23N3OS. The Bertz CT molecular complexity index is 655. The number of aromatic nitrogens is 2. The molecule has 0 N–H and O–H groups in total. The van der Waals surface area contributed by atoms with Crippen molar-refractivity contribution >= 4 is 17.7 Å². The van der Waals surface area contributed by atoms with Gasteiger partial charge in [-0.15, -0.1) is 0 Å². The summed E-state index contributed by atoms with van der Waals surface area (Å²) < 4.78 is 1.81.